The van der Waals surface area contributed by atoms with E-state index in [2.05, 4.69) is 10.5 Å². The molecule has 0 aliphatic heterocycles. The summed E-state index contributed by atoms with van der Waals surface area (Å²) in [4.78, 5) is 17.1. The summed E-state index contributed by atoms with van der Waals surface area (Å²) >= 11 is 0. The minimum atomic E-state index is -4.02. The molecule has 8 nitrogen and oxygen atoms in total. The van der Waals surface area contributed by atoms with Crippen molar-refractivity contribution in [3.8, 4) is 17.2 Å². The Morgan fingerprint density at radius 2 is 1.62 bits per heavy atom. The molecule has 0 saturated heterocycles. The molecule has 3 aromatic carbocycles. The number of oxime groups is 1. The van der Waals surface area contributed by atoms with E-state index in [1.54, 1.807) is 61.5 Å². The summed E-state index contributed by atoms with van der Waals surface area (Å²) in [6.45, 7) is 1.69. The first-order valence-corrected chi connectivity index (χ1v) is 11.0. The first kappa shape index (κ1) is 22.8. The quantitative estimate of drug-likeness (QED) is 0.317. The number of hydrogen-bond acceptors (Lipinski definition) is 7. The number of amides is 1. The molecule has 3 aromatic rings. The molecular weight excluding hydrogens is 432 g/mol. The molecule has 3 rings (SSSR count). The van der Waals surface area contributed by atoms with Crippen molar-refractivity contribution >= 4 is 21.7 Å². The lowest BCUT2D eigenvalue weighted by Crippen LogP contribution is -2.28. The zero-order chi connectivity index (χ0) is 23.1. The smallest absolute Gasteiger partial charge is 0.339 e. The standard InChI is InChI=1S/C23H22N2O6S/c1-16-9-4-7-14-21(16)32(27,28)31-18-11-8-10-17(15-18)30-20-13-6-5-12-19(20)22(25-29-3)23(26)24-2/h4-15H,1-3H3,(H,24,26). The van der Waals surface area contributed by atoms with Crippen LogP contribution in [0.1, 0.15) is 11.1 Å². The number of likely N-dealkylation sites (N-methyl/N-ethyl adjacent to an activating group) is 1. The molecule has 0 atom stereocenters. The Labute approximate surface area is 186 Å². The first-order chi connectivity index (χ1) is 15.4. The third-order valence-corrected chi connectivity index (χ3v) is 5.78. The van der Waals surface area contributed by atoms with Crippen molar-refractivity contribution in [1.29, 1.82) is 0 Å². The average Bonchev–Trinajstić information content (AvgIpc) is 2.77. The topological polar surface area (TPSA) is 103 Å². The normalized spacial score (nSPS) is 11.5. The number of nitrogens with zero attached hydrogens (tertiary/aromatic N) is 1. The van der Waals surface area contributed by atoms with Crippen LogP contribution in [0.4, 0.5) is 0 Å². The van der Waals surface area contributed by atoms with Crippen LogP contribution in [-0.4, -0.2) is 34.2 Å². The molecule has 0 spiro atoms. The Morgan fingerprint density at radius 1 is 0.938 bits per heavy atom. The van der Waals surface area contributed by atoms with E-state index < -0.39 is 16.0 Å². The van der Waals surface area contributed by atoms with Gasteiger partial charge in [0.05, 0.1) is 5.56 Å². The van der Waals surface area contributed by atoms with E-state index in [-0.39, 0.29) is 16.4 Å². The van der Waals surface area contributed by atoms with Crippen LogP contribution in [0.15, 0.2) is 82.8 Å². The molecule has 0 bridgehead atoms. The van der Waals surface area contributed by atoms with Crippen molar-refractivity contribution in [2.45, 2.75) is 11.8 Å². The largest absolute Gasteiger partial charge is 0.457 e. The number of para-hydroxylation sites is 1. The highest BCUT2D eigenvalue weighted by Gasteiger charge is 2.21. The van der Waals surface area contributed by atoms with Crippen molar-refractivity contribution in [3.63, 3.8) is 0 Å². The van der Waals surface area contributed by atoms with Gasteiger partial charge in [-0.1, -0.05) is 41.6 Å². The third kappa shape index (κ3) is 5.25. The molecule has 1 amide bonds. The van der Waals surface area contributed by atoms with Crippen molar-refractivity contribution in [1.82, 2.24) is 5.32 Å². The van der Waals surface area contributed by atoms with Gasteiger partial charge >= 0.3 is 10.1 Å². The van der Waals surface area contributed by atoms with Gasteiger partial charge in [-0.3, -0.25) is 4.79 Å². The molecule has 0 radical (unpaired) electrons. The number of carbonyl (C=O) groups excluding carboxylic acids is 1. The monoisotopic (exact) mass is 454 g/mol. The van der Waals surface area contributed by atoms with E-state index in [0.717, 1.165) is 0 Å². The number of ether oxygens (including phenoxy) is 1. The molecule has 0 unspecified atom stereocenters. The molecule has 32 heavy (non-hydrogen) atoms. The predicted molar refractivity (Wildman–Crippen MR) is 120 cm³/mol. The Bertz CT molecular complexity index is 1250. The molecule has 9 heteroatoms. The summed E-state index contributed by atoms with van der Waals surface area (Å²) in [6, 6.07) is 19.5. The lowest BCUT2D eigenvalue weighted by Gasteiger charge is -2.13. The molecule has 0 aromatic heterocycles. The highest BCUT2D eigenvalue weighted by Crippen LogP contribution is 2.30. The summed E-state index contributed by atoms with van der Waals surface area (Å²) in [6.07, 6.45) is 0. The first-order valence-electron chi connectivity index (χ1n) is 9.56. The minimum absolute atomic E-state index is 0.0279. The molecule has 0 aliphatic carbocycles. The SMILES string of the molecule is CNC(=O)C(=NOC)c1ccccc1Oc1cccc(OS(=O)(=O)c2ccccc2C)c1. The van der Waals surface area contributed by atoms with Crippen molar-refractivity contribution in [3.05, 3.63) is 83.9 Å². The minimum Gasteiger partial charge on any atom is -0.457 e. The molecular formula is C23H22N2O6S. The van der Waals surface area contributed by atoms with Crippen LogP contribution in [0.25, 0.3) is 0 Å². The van der Waals surface area contributed by atoms with Gasteiger partial charge in [0.1, 0.15) is 29.3 Å². The molecule has 166 valence electrons. The summed E-state index contributed by atoms with van der Waals surface area (Å²) in [5.74, 6) is 0.263. The molecule has 1 N–H and O–H groups in total. The summed E-state index contributed by atoms with van der Waals surface area (Å²) in [5, 5.41) is 6.30. The molecule has 0 aliphatic rings. The Kier molecular flexibility index (Phi) is 7.11. The third-order valence-electron chi connectivity index (χ3n) is 4.37. The summed E-state index contributed by atoms with van der Waals surface area (Å²) in [5.41, 5.74) is 1.00. The van der Waals surface area contributed by atoms with Gasteiger partial charge in [0.25, 0.3) is 5.91 Å². The van der Waals surface area contributed by atoms with Gasteiger partial charge in [-0.05, 0) is 42.8 Å². The van der Waals surface area contributed by atoms with Crippen LogP contribution < -0.4 is 14.2 Å². The second-order valence-corrected chi connectivity index (χ2v) is 8.09. The van der Waals surface area contributed by atoms with Crippen LogP contribution in [0.3, 0.4) is 0 Å². The lowest BCUT2D eigenvalue weighted by molar-refractivity contribution is -0.114. The van der Waals surface area contributed by atoms with Crippen LogP contribution in [-0.2, 0) is 19.8 Å². The number of carbonyl (C=O) groups is 1. The number of aryl methyl sites for hydroxylation is 1. The van der Waals surface area contributed by atoms with E-state index in [0.29, 0.717) is 22.6 Å². The van der Waals surface area contributed by atoms with Crippen LogP contribution >= 0.6 is 0 Å². The van der Waals surface area contributed by atoms with E-state index in [1.807, 2.05) is 0 Å². The van der Waals surface area contributed by atoms with Gasteiger partial charge < -0.3 is 19.1 Å². The number of benzene rings is 3. The zero-order valence-electron chi connectivity index (χ0n) is 17.7. The zero-order valence-corrected chi connectivity index (χ0v) is 18.5. The van der Waals surface area contributed by atoms with E-state index in [4.69, 9.17) is 13.8 Å². The van der Waals surface area contributed by atoms with Crippen molar-refractivity contribution in [2.24, 2.45) is 5.16 Å². The summed E-state index contributed by atoms with van der Waals surface area (Å²) < 4.78 is 36.6. The molecule has 0 heterocycles. The number of rotatable bonds is 8. The Morgan fingerprint density at radius 3 is 2.34 bits per heavy atom. The maximum atomic E-state index is 12.7. The van der Waals surface area contributed by atoms with Gasteiger partial charge in [0.2, 0.25) is 0 Å². The fourth-order valence-electron chi connectivity index (χ4n) is 2.90. The highest BCUT2D eigenvalue weighted by molar-refractivity contribution is 7.87. The van der Waals surface area contributed by atoms with E-state index >= 15 is 0 Å². The van der Waals surface area contributed by atoms with Gasteiger partial charge in [-0.15, -0.1) is 0 Å². The fraction of sp³-hybridized carbons (Fsp3) is 0.130. The fourth-order valence-corrected chi connectivity index (χ4v) is 4.05. The predicted octanol–water partition coefficient (Wildman–Crippen LogP) is 3.65. The van der Waals surface area contributed by atoms with Crippen LogP contribution in [0, 0.1) is 6.92 Å². The molecule has 0 saturated carbocycles. The lowest BCUT2D eigenvalue weighted by atomic mass is 10.1. The van der Waals surface area contributed by atoms with Gasteiger partial charge in [-0.2, -0.15) is 8.42 Å². The highest BCUT2D eigenvalue weighted by atomic mass is 32.2. The van der Waals surface area contributed by atoms with Crippen LogP contribution in [0.2, 0.25) is 0 Å². The Hall–Kier alpha value is -3.85. The van der Waals surface area contributed by atoms with Gasteiger partial charge in [-0.25, -0.2) is 0 Å². The van der Waals surface area contributed by atoms with Gasteiger partial charge in [0, 0.05) is 13.1 Å². The second-order valence-electron chi connectivity index (χ2n) is 6.58. The van der Waals surface area contributed by atoms with Crippen LogP contribution in [0.5, 0.6) is 17.2 Å². The van der Waals surface area contributed by atoms with E-state index in [1.165, 1.54) is 32.4 Å². The van der Waals surface area contributed by atoms with Crippen molar-refractivity contribution < 1.29 is 27.0 Å². The average molecular weight is 455 g/mol. The van der Waals surface area contributed by atoms with Crippen molar-refractivity contribution in [2.75, 3.05) is 14.2 Å². The second kappa shape index (κ2) is 9.97. The summed E-state index contributed by atoms with van der Waals surface area (Å²) in [7, 11) is -1.21. The van der Waals surface area contributed by atoms with E-state index in [9.17, 15) is 13.2 Å². The Balaban J connectivity index is 1.90. The maximum Gasteiger partial charge on any atom is 0.339 e. The number of nitrogens with one attached hydrogen (secondary N) is 1. The van der Waals surface area contributed by atoms with Gasteiger partial charge in [0.15, 0.2) is 5.71 Å². The molecule has 0 fully saturated rings. The number of hydrogen-bond donors (Lipinski definition) is 1. The maximum absolute atomic E-state index is 12.7.